The first-order valence-electron chi connectivity index (χ1n) is 6.31. The third-order valence-electron chi connectivity index (χ3n) is 3.95. The minimum Gasteiger partial charge on any atom is -0.465 e. The zero-order chi connectivity index (χ0) is 18.0. The molecule has 0 rings (SSSR count). The van der Waals surface area contributed by atoms with Crippen molar-refractivity contribution in [3.8, 4) is 0 Å². The minimum absolute atomic E-state index is 0.00412. The number of carbonyl (C=O) groups excluding carboxylic acids is 1. The second-order valence-corrected chi connectivity index (χ2v) is 6.83. The van der Waals surface area contributed by atoms with Crippen LogP contribution in [0.2, 0.25) is 0 Å². The highest BCUT2D eigenvalue weighted by Gasteiger charge is 2.59. The topological polar surface area (TPSA) is 169 Å². The highest BCUT2D eigenvalue weighted by atomic mass is 32.2. The molecule has 22 heavy (non-hydrogen) atoms. The summed E-state index contributed by atoms with van der Waals surface area (Å²) in [5.74, 6) is -2.68. The highest BCUT2D eigenvalue weighted by molar-refractivity contribution is 7.99. The molecule has 0 aliphatic heterocycles. The molecule has 0 radical (unpaired) electrons. The summed E-state index contributed by atoms with van der Waals surface area (Å²) in [6.45, 7) is 9.63. The molecule has 0 atom stereocenters. The summed E-state index contributed by atoms with van der Waals surface area (Å²) in [6.07, 6.45) is 0. The van der Waals surface area contributed by atoms with E-state index in [1.165, 1.54) is 21.0 Å². The average Bonchev–Trinajstić information content (AvgIpc) is 2.43. The molecule has 0 fully saturated rings. The number of esters is 1. The lowest BCUT2D eigenvalue weighted by atomic mass is 9.67. The van der Waals surface area contributed by atoms with Gasteiger partial charge in [0.05, 0.1) is 12.5 Å². The van der Waals surface area contributed by atoms with Gasteiger partial charge in [0.15, 0.2) is 0 Å². The molecule has 9 nitrogen and oxygen atoms in total. The maximum Gasteiger partial charge on any atom is 0.346 e. The van der Waals surface area contributed by atoms with E-state index in [0.29, 0.717) is 12.0 Å². The molecule has 0 bridgehead atoms. The van der Waals surface area contributed by atoms with Crippen molar-refractivity contribution in [2.45, 2.75) is 44.7 Å². The lowest BCUT2D eigenvalue weighted by molar-refractivity contribution is -0.135. The first-order chi connectivity index (χ1) is 9.68. The Morgan fingerprint density at radius 2 is 1.59 bits per heavy atom. The van der Waals surface area contributed by atoms with Crippen LogP contribution in [-0.2, 0) is 13.7 Å². The second kappa shape index (κ2) is 6.60. The number of hydrogen-bond donors (Lipinski definition) is 4. The Morgan fingerprint density at radius 1 is 1.14 bits per heavy atom. The van der Waals surface area contributed by atoms with E-state index >= 15 is 0 Å². The van der Waals surface area contributed by atoms with Gasteiger partial charge in [0.1, 0.15) is 16.2 Å². The molecule has 0 aromatic carbocycles. The van der Waals surface area contributed by atoms with E-state index in [9.17, 15) is 9.70 Å². The third kappa shape index (κ3) is 3.65. The summed E-state index contributed by atoms with van der Waals surface area (Å²) in [5, 5.41) is 2.70. The van der Waals surface area contributed by atoms with Crippen molar-refractivity contribution < 1.29 is 13.7 Å². The van der Waals surface area contributed by atoms with E-state index in [2.05, 4.69) is 16.5 Å². The van der Waals surface area contributed by atoms with E-state index in [0.717, 1.165) is 0 Å². The van der Waals surface area contributed by atoms with Crippen LogP contribution >= 0.6 is 12.0 Å². The van der Waals surface area contributed by atoms with Crippen LogP contribution in [0.1, 0.15) is 27.7 Å². The van der Waals surface area contributed by atoms with Crippen LogP contribution in [-0.4, -0.2) is 30.1 Å². The van der Waals surface area contributed by atoms with E-state index in [1.807, 2.05) is 0 Å². The lowest BCUT2D eigenvalue weighted by Crippen LogP contribution is -2.80. The lowest BCUT2D eigenvalue weighted by Gasteiger charge is -2.53. The Morgan fingerprint density at radius 3 is 1.95 bits per heavy atom. The molecule has 0 aliphatic carbocycles. The zero-order valence-electron chi connectivity index (χ0n) is 13.5. The Balaban J connectivity index is 5.37. The maximum absolute atomic E-state index is 11.3. The van der Waals surface area contributed by atoms with Crippen molar-refractivity contribution in [1.29, 1.82) is 0 Å². The van der Waals surface area contributed by atoms with Crippen LogP contribution in [0.3, 0.4) is 0 Å². The number of carbonyl (C=O) groups is 1. The van der Waals surface area contributed by atoms with Crippen LogP contribution in [0.4, 0.5) is 0 Å². The molecule has 0 saturated carbocycles. The van der Waals surface area contributed by atoms with E-state index in [1.54, 1.807) is 13.8 Å². The van der Waals surface area contributed by atoms with Gasteiger partial charge in [-0.25, -0.2) is 4.79 Å². The summed E-state index contributed by atoms with van der Waals surface area (Å²) in [7, 11) is 1.21. The van der Waals surface area contributed by atoms with Gasteiger partial charge in [0, 0.05) is 12.0 Å². The maximum atomic E-state index is 11.3. The van der Waals surface area contributed by atoms with Gasteiger partial charge in [0.2, 0.25) is 5.79 Å². The predicted molar refractivity (Wildman–Crippen MR) is 85.7 cm³/mol. The Bertz CT molecular complexity index is 462. The third-order valence-corrected chi connectivity index (χ3v) is 4.81. The summed E-state index contributed by atoms with van der Waals surface area (Å²) in [5.41, 5.74) is 19.4. The number of nitrogens with zero attached hydrogens (tertiary/aromatic N) is 1. The average molecular weight is 335 g/mol. The number of nitroso groups, excluding NO2 is 1. The summed E-state index contributed by atoms with van der Waals surface area (Å²) in [4.78, 5) is 22.2. The minimum atomic E-state index is -2.03. The van der Waals surface area contributed by atoms with Gasteiger partial charge in [0.25, 0.3) is 0 Å². The fourth-order valence-corrected chi connectivity index (χ4v) is 2.17. The molecule has 10 heteroatoms. The van der Waals surface area contributed by atoms with Gasteiger partial charge >= 0.3 is 5.97 Å². The van der Waals surface area contributed by atoms with Gasteiger partial charge < -0.3 is 20.4 Å². The molecule has 0 amide bonds. The van der Waals surface area contributed by atoms with Crippen LogP contribution in [0.5, 0.6) is 0 Å². The van der Waals surface area contributed by atoms with Crippen LogP contribution < -0.4 is 22.9 Å². The smallest absolute Gasteiger partial charge is 0.346 e. The molecule has 0 aliphatic rings. The second-order valence-electron chi connectivity index (χ2n) is 6.00. The molecule has 0 aromatic heterocycles. The van der Waals surface area contributed by atoms with E-state index < -0.39 is 28.4 Å². The number of nitrogens with two attached hydrogens (primary N) is 4. The molecule has 0 unspecified atom stereocenters. The fourth-order valence-electron chi connectivity index (χ4n) is 1.57. The first kappa shape index (κ1) is 21.0. The van der Waals surface area contributed by atoms with Gasteiger partial charge in [-0.2, -0.15) is 0 Å². The number of rotatable bonds is 8. The normalized spacial score (nSPS) is 13.7. The van der Waals surface area contributed by atoms with Crippen molar-refractivity contribution in [3.63, 3.8) is 0 Å². The predicted octanol–water partition coefficient (Wildman–Crippen LogP) is 0.0940. The Hall–Kier alpha value is -1.04. The van der Waals surface area contributed by atoms with E-state index in [4.69, 9.17) is 27.1 Å². The highest BCUT2D eigenvalue weighted by Crippen LogP contribution is 2.42. The van der Waals surface area contributed by atoms with E-state index in [-0.39, 0.29) is 4.91 Å². The molecule has 0 aromatic rings. The molecule has 8 N–H and O–H groups in total. The summed E-state index contributed by atoms with van der Waals surface area (Å²) in [6, 6.07) is 0. The van der Waals surface area contributed by atoms with Crippen molar-refractivity contribution in [2.75, 3.05) is 7.11 Å². The number of ether oxygens (including phenoxy) is 1. The largest absolute Gasteiger partial charge is 0.465 e. The molecular weight excluding hydrogens is 310 g/mol. The molecule has 128 valence electrons. The zero-order valence-corrected chi connectivity index (χ0v) is 14.3. The van der Waals surface area contributed by atoms with Crippen molar-refractivity contribution >= 4 is 18.0 Å². The van der Waals surface area contributed by atoms with Crippen molar-refractivity contribution in [2.24, 2.45) is 33.5 Å². The standard InChI is InChI=1S/C12H25N5O4S/c1-7(8(18)20-6)22-21-10(4,5)11(13,14)9(2,3)12(15,16)17-19/h1,13-16H2,2-6H3. The monoisotopic (exact) mass is 335 g/mol. The molecular formula is C12H25N5O4S. The fraction of sp³-hybridized carbons (Fsp3) is 0.750. The number of methoxy groups -OCH3 is 1. The first-order valence-corrected chi connectivity index (χ1v) is 7.05. The van der Waals surface area contributed by atoms with Gasteiger partial charge in [-0.3, -0.25) is 11.5 Å². The molecule has 0 saturated heterocycles. The quantitative estimate of drug-likeness (QED) is 0.158. The van der Waals surface area contributed by atoms with Gasteiger partial charge in [-0.05, 0) is 19.0 Å². The van der Waals surface area contributed by atoms with Crippen LogP contribution in [0.15, 0.2) is 16.7 Å². The van der Waals surface area contributed by atoms with Crippen molar-refractivity contribution in [3.05, 3.63) is 16.4 Å². The van der Waals surface area contributed by atoms with Gasteiger partial charge in [-0.15, -0.1) is 4.91 Å². The summed E-state index contributed by atoms with van der Waals surface area (Å²) < 4.78 is 10.0. The Kier molecular flexibility index (Phi) is 6.29. The van der Waals surface area contributed by atoms with Crippen LogP contribution in [0.25, 0.3) is 0 Å². The molecule has 0 heterocycles. The van der Waals surface area contributed by atoms with Crippen molar-refractivity contribution in [1.82, 2.24) is 0 Å². The molecule has 0 spiro atoms. The number of hydrogen-bond acceptors (Lipinski definition) is 10. The summed E-state index contributed by atoms with van der Waals surface area (Å²) >= 11 is 0.658. The van der Waals surface area contributed by atoms with Crippen LogP contribution in [0, 0.1) is 10.3 Å². The van der Waals surface area contributed by atoms with Gasteiger partial charge in [-0.1, -0.05) is 20.4 Å². The SMILES string of the molecule is C=C(SOC(C)(C)C(N)(N)C(C)(C)C(N)(N)N=O)C(=O)OC. The Labute approximate surface area is 134 Å².